The minimum atomic E-state index is -0.830. The molecule has 0 aliphatic carbocycles. The Balaban J connectivity index is 1.54. The summed E-state index contributed by atoms with van der Waals surface area (Å²) in [6.07, 6.45) is 3.55. The predicted octanol–water partition coefficient (Wildman–Crippen LogP) is 3.52. The van der Waals surface area contributed by atoms with Crippen molar-refractivity contribution in [2.75, 3.05) is 40.3 Å². The molecule has 8 heteroatoms. The van der Waals surface area contributed by atoms with Crippen LogP contribution in [0, 0.1) is 0 Å². The molecule has 0 saturated carbocycles. The van der Waals surface area contributed by atoms with Crippen molar-refractivity contribution in [2.45, 2.75) is 38.3 Å². The van der Waals surface area contributed by atoms with Crippen LogP contribution in [0.4, 0.5) is 9.59 Å². The van der Waals surface area contributed by atoms with Gasteiger partial charge in [-0.3, -0.25) is 0 Å². The van der Waals surface area contributed by atoms with E-state index in [9.17, 15) is 14.4 Å². The van der Waals surface area contributed by atoms with Crippen LogP contribution in [0.3, 0.4) is 0 Å². The minimum absolute atomic E-state index is 0.00930. The number of likely N-dealkylation sites (tertiary alicyclic amines) is 1. The molecule has 4 amide bonds. The summed E-state index contributed by atoms with van der Waals surface area (Å²) in [5.74, 6) is -0.489. The van der Waals surface area contributed by atoms with Crippen LogP contribution >= 0.6 is 0 Å². The molecule has 2 aromatic rings. The van der Waals surface area contributed by atoms with Crippen molar-refractivity contribution in [3.8, 4) is 0 Å². The molecule has 8 nitrogen and oxygen atoms in total. The molecule has 1 heterocycles. The van der Waals surface area contributed by atoms with E-state index in [1.54, 1.807) is 19.0 Å². The lowest BCUT2D eigenvalue weighted by Gasteiger charge is -2.32. The molecular weight excluding hydrogens is 444 g/mol. The van der Waals surface area contributed by atoms with Gasteiger partial charge in [0.2, 0.25) is 0 Å². The number of amides is 4. The van der Waals surface area contributed by atoms with E-state index in [2.05, 4.69) is 5.32 Å². The Labute approximate surface area is 207 Å². The van der Waals surface area contributed by atoms with Crippen molar-refractivity contribution in [3.05, 3.63) is 71.8 Å². The molecular formula is C27H36N4O4. The molecule has 0 spiro atoms. The molecule has 1 aliphatic rings. The largest absolute Gasteiger partial charge is 0.459 e. The molecule has 1 fully saturated rings. The van der Waals surface area contributed by atoms with Crippen LogP contribution < -0.4 is 5.32 Å². The SMILES string of the molecule is CN(CCN(C)C(=O)N1CCCCC1)C(=O)N[C@@H](Cc1ccccc1)C(=O)OCc1ccccc1. The molecule has 188 valence electrons. The number of nitrogens with zero attached hydrogens (tertiary/aromatic N) is 3. The quantitative estimate of drug-likeness (QED) is 0.557. The normalized spacial score (nSPS) is 14.1. The summed E-state index contributed by atoms with van der Waals surface area (Å²) in [6.45, 7) is 2.46. The van der Waals surface area contributed by atoms with E-state index < -0.39 is 12.0 Å². The number of rotatable bonds is 9. The number of hydrogen-bond acceptors (Lipinski definition) is 4. The van der Waals surface area contributed by atoms with Gasteiger partial charge in [0, 0.05) is 46.7 Å². The number of ether oxygens (including phenoxy) is 1. The van der Waals surface area contributed by atoms with E-state index in [1.807, 2.05) is 65.6 Å². The Morgan fingerprint density at radius 3 is 2.06 bits per heavy atom. The summed E-state index contributed by atoms with van der Waals surface area (Å²) in [4.78, 5) is 43.4. The lowest BCUT2D eigenvalue weighted by Crippen LogP contribution is -2.50. The average Bonchev–Trinajstić information content (AvgIpc) is 2.90. The van der Waals surface area contributed by atoms with Gasteiger partial charge >= 0.3 is 18.0 Å². The first-order valence-electron chi connectivity index (χ1n) is 12.2. The maximum atomic E-state index is 12.9. The first kappa shape index (κ1) is 26.1. The van der Waals surface area contributed by atoms with E-state index in [0.717, 1.165) is 43.5 Å². The second kappa shape index (κ2) is 13.4. The van der Waals surface area contributed by atoms with Gasteiger partial charge < -0.3 is 24.8 Å². The average molecular weight is 481 g/mol. The third kappa shape index (κ3) is 8.31. The molecule has 35 heavy (non-hydrogen) atoms. The van der Waals surface area contributed by atoms with Gasteiger partial charge in [0.15, 0.2) is 0 Å². The number of carbonyl (C=O) groups is 3. The lowest BCUT2D eigenvalue weighted by atomic mass is 10.1. The molecule has 1 saturated heterocycles. The maximum Gasteiger partial charge on any atom is 0.329 e. The zero-order chi connectivity index (χ0) is 25.0. The molecule has 1 atom stereocenters. The summed E-state index contributed by atoms with van der Waals surface area (Å²) in [5, 5.41) is 2.82. The van der Waals surface area contributed by atoms with E-state index in [0.29, 0.717) is 19.5 Å². The molecule has 0 bridgehead atoms. The summed E-state index contributed by atoms with van der Waals surface area (Å²) < 4.78 is 5.51. The Morgan fingerprint density at radius 2 is 1.43 bits per heavy atom. The van der Waals surface area contributed by atoms with Crippen molar-refractivity contribution in [1.29, 1.82) is 0 Å². The lowest BCUT2D eigenvalue weighted by molar-refractivity contribution is -0.147. The van der Waals surface area contributed by atoms with Crippen molar-refractivity contribution in [3.63, 3.8) is 0 Å². The number of carbonyl (C=O) groups excluding carboxylic acids is 3. The van der Waals surface area contributed by atoms with Gasteiger partial charge in [-0.25, -0.2) is 14.4 Å². The highest BCUT2D eigenvalue weighted by molar-refractivity contribution is 5.84. The van der Waals surface area contributed by atoms with Crippen molar-refractivity contribution in [1.82, 2.24) is 20.0 Å². The number of benzene rings is 2. The van der Waals surface area contributed by atoms with Crippen molar-refractivity contribution in [2.24, 2.45) is 0 Å². The Bertz CT molecular complexity index is 948. The zero-order valence-electron chi connectivity index (χ0n) is 20.7. The van der Waals surface area contributed by atoms with Crippen LogP contribution in [0.2, 0.25) is 0 Å². The summed E-state index contributed by atoms with van der Waals surface area (Å²) >= 11 is 0. The van der Waals surface area contributed by atoms with Crippen LogP contribution in [-0.4, -0.2) is 79.0 Å². The number of nitrogens with one attached hydrogen (secondary N) is 1. The first-order chi connectivity index (χ1) is 16.9. The number of likely N-dealkylation sites (N-methyl/N-ethyl adjacent to an activating group) is 2. The van der Waals surface area contributed by atoms with Crippen molar-refractivity contribution < 1.29 is 19.1 Å². The third-order valence-electron chi connectivity index (χ3n) is 6.16. The highest BCUT2D eigenvalue weighted by Gasteiger charge is 2.25. The fourth-order valence-electron chi connectivity index (χ4n) is 3.96. The van der Waals surface area contributed by atoms with Gasteiger partial charge in [-0.05, 0) is 30.4 Å². The number of urea groups is 2. The second-order valence-electron chi connectivity index (χ2n) is 8.96. The molecule has 0 aromatic heterocycles. The number of piperidine rings is 1. The second-order valence-corrected chi connectivity index (χ2v) is 8.96. The van der Waals surface area contributed by atoms with Gasteiger partial charge in [0.1, 0.15) is 12.6 Å². The van der Waals surface area contributed by atoms with E-state index >= 15 is 0 Å². The van der Waals surface area contributed by atoms with E-state index in [1.165, 1.54) is 4.90 Å². The summed E-state index contributed by atoms with van der Waals surface area (Å²) in [6, 6.07) is 17.7. The number of esters is 1. The summed E-state index contributed by atoms with van der Waals surface area (Å²) in [5.41, 5.74) is 1.80. The van der Waals surface area contributed by atoms with Crippen LogP contribution in [0.1, 0.15) is 30.4 Å². The van der Waals surface area contributed by atoms with Gasteiger partial charge in [-0.15, -0.1) is 0 Å². The molecule has 1 aliphatic heterocycles. The summed E-state index contributed by atoms with van der Waals surface area (Å²) in [7, 11) is 3.41. The predicted molar refractivity (Wildman–Crippen MR) is 135 cm³/mol. The molecule has 0 radical (unpaired) electrons. The van der Waals surface area contributed by atoms with E-state index in [-0.39, 0.29) is 18.7 Å². The Hall–Kier alpha value is -3.55. The van der Waals surface area contributed by atoms with Gasteiger partial charge in [0.05, 0.1) is 0 Å². The van der Waals surface area contributed by atoms with Gasteiger partial charge in [-0.1, -0.05) is 60.7 Å². The van der Waals surface area contributed by atoms with Crippen molar-refractivity contribution >= 4 is 18.0 Å². The molecule has 0 unspecified atom stereocenters. The van der Waals surface area contributed by atoms with Crippen LogP contribution in [0.15, 0.2) is 60.7 Å². The number of hydrogen-bond donors (Lipinski definition) is 1. The highest BCUT2D eigenvalue weighted by Crippen LogP contribution is 2.11. The van der Waals surface area contributed by atoms with Gasteiger partial charge in [0.25, 0.3) is 0 Å². The van der Waals surface area contributed by atoms with Crippen LogP contribution in [0.25, 0.3) is 0 Å². The molecule has 2 aromatic carbocycles. The fourth-order valence-corrected chi connectivity index (χ4v) is 3.96. The van der Waals surface area contributed by atoms with Crippen LogP contribution in [-0.2, 0) is 22.6 Å². The van der Waals surface area contributed by atoms with Crippen LogP contribution in [0.5, 0.6) is 0 Å². The third-order valence-corrected chi connectivity index (χ3v) is 6.16. The van der Waals surface area contributed by atoms with Gasteiger partial charge in [-0.2, -0.15) is 0 Å². The standard InChI is InChI=1S/C27H36N4O4/c1-29(18-19-30(2)27(34)31-16-10-5-11-17-31)26(33)28-24(20-22-12-6-3-7-13-22)25(32)35-21-23-14-8-4-9-15-23/h3-4,6-9,12-15,24H,5,10-11,16-21H2,1-2H3,(H,28,33)/t24-/m0/s1. The minimum Gasteiger partial charge on any atom is -0.459 e. The van der Waals surface area contributed by atoms with E-state index in [4.69, 9.17) is 4.74 Å². The topological polar surface area (TPSA) is 82.2 Å². The highest BCUT2D eigenvalue weighted by atomic mass is 16.5. The Morgan fingerprint density at radius 1 is 0.857 bits per heavy atom. The first-order valence-corrected chi connectivity index (χ1v) is 12.2. The zero-order valence-corrected chi connectivity index (χ0v) is 20.7. The maximum absolute atomic E-state index is 12.9. The Kier molecular flexibility index (Phi) is 9.95. The smallest absolute Gasteiger partial charge is 0.329 e. The molecule has 3 rings (SSSR count). The monoisotopic (exact) mass is 480 g/mol. The molecule has 1 N–H and O–H groups in total. The fraction of sp³-hybridized carbons (Fsp3) is 0.444.